The molecule has 0 radical (unpaired) electrons. The van der Waals surface area contributed by atoms with Crippen molar-refractivity contribution in [3.05, 3.63) is 42.5 Å². The van der Waals surface area contributed by atoms with Gasteiger partial charge in [-0.25, -0.2) is 4.90 Å². The second kappa shape index (κ2) is 5.24. The minimum atomic E-state index is -0.555. The largest absolute Gasteiger partial charge is 0.358 e. The summed E-state index contributed by atoms with van der Waals surface area (Å²) in [5.74, 6) is -0.946. The van der Waals surface area contributed by atoms with Crippen LogP contribution in [0.25, 0.3) is 0 Å². The fourth-order valence-corrected chi connectivity index (χ4v) is 4.87. The SMILES string of the molecule is CCCN1C(=S)[C@]2(C)C=C[C@H]1[C@H]1C(=O)N(c3ccccc3)C(=O)[C@H]12. The molecule has 0 aromatic heterocycles. The highest BCUT2D eigenvalue weighted by Gasteiger charge is 2.65. The van der Waals surface area contributed by atoms with Gasteiger partial charge in [0.05, 0.1) is 28.6 Å². The third kappa shape index (κ3) is 1.82. The Bertz CT molecular complexity index is 760. The van der Waals surface area contributed by atoms with Gasteiger partial charge in [-0.3, -0.25) is 9.59 Å². The Balaban J connectivity index is 1.81. The zero-order valence-corrected chi connectivity index (χ0v) is 14.6. The number of benzene rings is 1. The van der Waals surface area contributed by atoms with Crippen molar-refractivity contribution >= 4 is 34.7 Å². The van der Waals surface area contributed by atoms with E-state index in [4.69, 9.17) is 12.2 Å². The summed E-state index contributed by atoms with van der Waals surface area (Å²) in [6.45, 7) is 4.92. The van der Waals surface area contributed by atoms with Gasteiger partial charge in [-0.1, -0.05) is 49.5 Å². The summed E-state index contributed by atoms with van der Waals surface area (Å²) >= 11 is 5.72. The molecule has 5 heteroatoms. The van der Waals surface area contributed by atoms with E-state index < -0.39 is 5.41 Å². The summed E-state index contributed by atoms with van der Waals surface area (Å²) in [6, 6.07) is 9.10. The van der Waals surface area contributed by atoms with Crippen LogP contribution in [0, 0.1) is 17.3 Å². The number of rotatable bonds is 3. The molecule has 0 N–H and O–H groups in total. The highest BCUT2D eigenvalue weighted by atomic mass is 32.1. The van der Waals surface area contributed by atoms with Gasteiger partial charge in [-0.05, 0) is 25.5 Å². The molecule has 24 heavy (non-hydrogen) atoms. The zero-order valence-electron chi connectivity index (χ0n) is 13.8. The fraction of sp³-hybridized carbons (Fsp3) is 0.421. The van der Waals surface area contributed by atoms with Crippen molar-refractivity contribution in [2.24, 2.45) is 17.3 Å². The van der Waals surface area contributed by atoms with E-state index in [-0.39, 0.29) is 29.7 Å². The number of carbonyl (C=O) groups excluding carboxylic acids is 2. The molecule has 4 nitrogen and oxygen atoms in total. The van der Waals surface area contributed by atoms with Gasteiger partial charge in [0.1, 0.15) is 0 Å². The number of carbonyl (C=O) groups is 2. The van der Waals surface area contributed by atoms with E-state index in [1.54, 1.807) is 0 Å². The molecule has 2 fully saturated rings. The Morgan fingerprint density at radius 2 is 1.88 bits per heavy atom. The number of piperidine rings is 1. The van der Waals surface area contributed by atoms with Crippen LogP contribution in [0.1, 0.15) is 20.3 Å². The van der Waals surface area contributed by atoms with Crippen molar-refractivity contribution in [3.63, 3.8) is 0 Å². The van der Waals surface area contributed by atoms with Crippen molar-refractivity contribution < 1.29 is 9.59 Å². The molecule has 1 aliphatic carbocycles. The van der Waals surface area contributed by atoms with Gasteiger partial charge in [0.25, 0.3) is 0 Å². The molecule has 0 saturated carbocycles. The van der Waals surface area contributed by atoms with Gasteiger partial charge in [-0.2, -0.15) is 0 Å². The van der Waals surface area contributed by atoms with E-state index in [1.165, 1.54) is 4.90 Å². The number of thiocarbonyl (C=S) groups is 1. The number of fused-ring (bicyclic) bond motifs is 1. The maximum Gasteiger partial charge on any atom is 0.240 e. The summed E-state index contributed by atoms with van der Waals surface area (Å²) < 4.78 is 0. The van der Waals surface area contributed by atoms with E-state index in [0.717, 1.165) is 18.0 Å². The predicted molar refractivity (Wildman–Crippen MR) is 96.5 cm³/mol. The minimum Gasteiger partial charge on any atom is -0.358 e. The third-order valence-corrected chi connectivity index (χ3v) is 6.24. The second-order valence-electron chi connectivity index (χ2n) is 6.98. The first-order valence-electron chi connectivity index (χ1n) is 8.44. The molecule has 2 amide bonds. The van der Waals surface area contributed by atoms with Crippen molar-refractivity contribution in [2.45, 2.75) is 26.3 Å². The van der Waals surface area contributed by atoms with Gasteiger partial charge in [0.15, 0.2) is 0 Å². The van der Waals surface area contributed by atoms with Crippen LogP contribution in [0.4, 0.5) is 5.69 Å². The van der Waals surface area contributed by atoms with E-state index in [9.17, 15) is 9.59 Å². The molecule has 1 aromatic carbocycles. The number of imide groups is 1. The molecule has 124 valence electrons. The molecule has 4 atom stereocenters. The molecular formula is C19H20N2O2S. The Morgan fingerprint density at radius 3 is 2.54 bits per heavy atom. The maximum absolute atomic E-state index is 13.1. The lowest BCUT2D eigenvalue weighted by Crippen LogP contribution is -2.63. The number of nitrogens with zero attached hydrogens (tertiary/aromatic N) is 2. The molecular weight excluding hydrogens is 320 g/mol. The molecule has 5 rings (SSSR count). The van der Waals surface area contributed by atoms with Crippen molar-refractivity contribution in [3.8, 4) is 0 Å². The first kappa shape index (κ1) is 15.5. The number of para-hydroxylation sites is 1. The Hall–Kier alpha value is -2.01. The average molecular weight is 340 g/mol. The topological polar surface area (TPSA) is 40.6 Å². The number of amides is 2. The lowest BCUT2D eigenvalue weighted by atomic mass is 9.61. The van der Waals surface area contributed by atoms with Crippen LogP contribution in [-0.2, 0) is 9.59 Å². The van der Waals surface area contributed by atoms with Gasteiger partial charge in [0, 0.05) is 12.0 Å². The predicted octanol–water partition coefficient (Wildman–Crippen LogP) is 2.79. The molecule has 3 heterocycles. The highest BCUT2D eigenvalue weighted by molar-refractivity contribution is 7.80. The average Bonchev–Trinajstić information content (AvgIpc) is 2.85. The van der Waals surface area contributed by atoms with E-state index >= 15 is 0 Å². The number of hydrogen-bond donors (Lipinski definition) is 0. The maximum atomic E-state index is 13.1. The van der Waals surface area contributed by atoms with Crippen LogP contribution in [0.2, 0.25) is 0 Å². The van der Waals surface area contributed by atoms with Crippen LogP contribution >= 0.6 is 12.2 Å². The molecule has 0 unspecified atom stereocenters. The Labute approximate surface area is 147 Å². The lowest BCUT2D eigenvalue weighted by Gasteiger charge is -2.53. The van der Waals surface area contributed by atoms with Gasteiger partial charge >= 0.3 is 0 Å². The molecule has 2 bridgehead atoms. The molecule has 0 spiro atoms. The second-order valence-corrected chi connectivity index (χ2v) is 7.37. The summed E-state index contributed by atoms with van der Waals surface area (Å²) in [5.41, 5.74) is 0.0954. The molecule has 1 aromatic rings. The van der Waals surface area contributed by atoms with Crippen LogP contribution in [-0.4, -0.2) is 34.3 Å². The van der Waals surface area contributed by atoms with Crippen molar-refractivity contribution in [2.75, 3.05) is 11.4 Å². The monoisotopic (exact) mass is 340 g/mol. The lowest BCUT2D eigenvalue weighted by molar-refractivity contribution is -0.125. The van der Waals surface area contributed by atoms with E-state index in [0.29, 0.717) is 5.69 Å². The molecule has 4 aliphatic rings. The van der Waals surface area contributed by atoms with E-state index in [1.807, 2.05) is 43.3 Å². The molecule has 3 aliphatic heterocycles. The molecule has 2 saturated heterocycles. The van der Waals surface area contributed by atoms with Crippen LogP contribution in [0.15, 0.2) is 42.5 Å². The first-order chi connectivity index (χ1) is 11.5. The van der Waals surface area contributed by atoms with Crippen molar-refractivity contribution in [1.82, 2.24) is 4.90 Å². The van der Waals surface area contributed by atoms with Crippen LogP contribution in [0.3, 0.4) is 0 Å². The van der Waals surface area contributed by atoms with Crippen LogP contribution in [0.5, 0.6) is 0 Å². The van der Waals surface area contributed by atoms with Gasteiger partial charge in [0.2, 0.25) is 11.8 Å². The normalized spacial score (nSPS) is 34.2. The summed E-state index contributed by atoms with van der Waals surface area (Å²) in [6.07, 6.45) is 5.09. The van der Waals surface area contributed by atoms with Gasteiger partial charge in [-0.15, -0.1) is 0 Å². The number of anilines is 1. The summed E-state index contributed by atoms with van der Waals surface area (Å²) in [4.78, 5) is 30.6. The smallest absolute Gasteiger partial charge is 0.240 e. The fourth-order valence-electron chi connectivity index (χ4n) is 4.46. The van der Waals surface area contributed by atoms with Crippen LogP contribution < -0.4 is 4.90 Å². The van der Waals surface area contributed by atoms with Gasteiger partial charge < -0.3 is 4.90 Å². The summed E-state index contributed by atoms with van der Waals surface area (Å²) in [7, 11) is 0. The zero-order chi connectivity index (χ0) is 17.1. The van der Waals surface area contributed by atoms with Crippen molar-refractivity contribution in [1.29, 1.82) is 0 Å². The Morgan fingerprint density at radius 1 is 1.17 bits per heavy atom. The number of hydrogen-bond acceptors (Lipinski definition) is 3. The Kier molecular flexibility index (Phi) is 3.39. The quantitative estimate of drug-likeness (QED) is 0.482. The third-order valence-electron chi connectivity index (χ3n) is 5.57. The van der Waals surface area contributed by atoms with E-state index in [2.05, 4.69) is 17.9 Å². The summed E-state index contributed by atoms with van der Waals surface area (Å²) in [5, 5.41) is 0. The minimum absolute atomic E-state index is 0.0969. The first-order valence-corrected chi connectivity index (χ1v) is 8.85. The standard InChI is InChI=1S/C19H20N2O2S/c1-3-11-20-13-9-10-19(2,18(20)24)15-14(13)16(22)21(17(15)23)12-7-5-4-6-8-12/h4-10,13-15H,3,11H2,1-2H3/t13-,14+,15-,19+/m0/s1. The highest BCUT2D eigenvalue weighted by Crippen LogP contribution is 2.53.